The molecule has 1 aliphatic heterocycles. The molecule has 1 aliphatic rings. The number of para-hydroxylation sites is 1. The first-order valence-corrected chi connectivity index (χ1v) is 6.88. The zero-order valence-corrected chi connectivity index (χ0v) is 12.3. The van der Waals surface area contributed by atoms with Crippen molar-refractivity contribution in [3.8, 4) is 5.75 Å². The Morgan fingerprint density at radius 1 is 1.09 bits per heavy atom. The van der Waals surface area contributed by atoms with Crippen molar-refractivity contribution in [2.24, 2.45) is 0 Å². The molecule has 0 atom stereocenters. The lowest BCUT2D eigenvalue weighted by molar-refractivity contribution is 0.0640. The Bertz CT molecular complexity index is 827. The van der Waals surface area contributed by atoms with E-state index in [0.29, 0.717) is 11.3 Å². The molecule has 6 heteroatoms. The third-order valence-electron chi connectivity index (χ3n) is 3.74. The number of carboxylic acid groups (broad SMARTS) is 1. The number of hydrogen-bond donors (Lipinski definition) is 1. The summed E-state index contributed by atoms with van der Waals surface area (Å²) >= 11 is 0. The quantitative estimate of drug-likeness (QED) is 0.875. The van der Waals surface area contributed by atoms with Gasteiger partial charge < -0.3 is 9.84 Å². The van der Waals surface area contributed by atoms with Gasteiger partial charge in [0.2, 0.25) is 0 Å². The summed E-state index contributed by atoms with van der Waals surface area (Å²) in [6.07, 6.45) is 0. The Morgan fingerprint density at radius 3 is 2.48 bits per heavy atom. The summed E-state index contributed by atoms with van der Waals surface area (Å²) in [6, 6.07) is 11.0. The number of rotatable bonds is 4. The van der Waals surface area contributed by atoms with Crippen LogP contribution in [0, 0.1) is 0 Å². The molecule has 0 fully saturated rings. The van der Waals surface area contributed by atoms with E-state index in [1.165, 1.54) is 25.3 Å². The van der Waals surface area contributed by atoms with E-state index in [1.807, 2.05) is 0 Å². The molecule has 0 radical (unpaired) electrons. The van der Waals surface area contributed by atoms with Crippen molar-refractivity contribution in [3.63, 3.8) is 0 Å². The molecule has 2 aromatic rings. The van der Waals surface area contributed by atoms with Crippen LogP contribution in [0.5, 0.6) is 5.75 Å². The molecule has 0 aromatic heterocycles. The second kappa shape index (κ2) is 5.57. The topological polar surface area (TPSA) is 83.9 Å². The Labute approximate surface area is 131 Å². The van der Waals surface area contributed by atoms with E-state index in [0.717, 1.165) is 4.90 Å². The highest BCUT2D eigenvalue weighted by molar-refractivity contribution is 6.21. The third kappa shape index (κ3) is 2.44. The second-order valence-corrected chi connectivity index (χ2v) is 5.07. The summed E-state index contributed by atoms with van der Waals surface area (Å²) in [6.45, 7) is 0.0682. The Kier molecular flexibility index (Phi) is 3.57. The first-order chi connectivity index (χ1) is 11.0. The molecule has 0 unspecified atom stereocenters. The molecule has 6 nitrogen and oxygen atoms in total. The highest BCUT2D eigenvalue weighted by Gasteiger charge is 2.36. The molecule has 23 heavy (non-hydrogen) atoms. The number of fused-ring (bicyclic) bond motifs is 1. The fourth-order valence-electron chi connectivity index (χ4n) is 2.57. The van der Waals surface area contributed by atoms with Crippen LogP contribution in [0.1, 0.15) is 36.6 Å². The first-order valence-electron chi connectivity index (χ1n) is 6.88. The lowest BCUT2D eigenvalue weighted by atomic mass is 10.1. The molecule has 2 aromatic carbocycles. The second-order valence-electron chi connectivity index (χ2n) is 5.07. The van der Waals surface area contributed by atoms with E-state index >= 15 is 0 Å². The molecule has 1 heterocycles. The van der Waals surface area contributed by atoms with Crippen LogP contribution in [0.15, 0.2) is 42.5 Å². The number of imide groups is 1. The van der Waals surface area contributed by atoms with Crippen molar-refractivity contribution in [3.05, 3.63) is 64.7 Å². The van der Waals surface area contributed by atoms with Gasteiger partial charge in [0.05, 0.1) is 30.3 Å². The van der Waals surface area contributed by atoms with E-state index < -0.39 is 17.8 Å². The summed E-state index contributed by atoms with van der Waals surface area (Å²) < 4.78 is 5.23. The zero-order chi connectivity index (χ0) is 16.6. The Morgan fingerprint density at radius 2 is 1.78 bits per heavy atom. The Balaban J connectivity index is 1.95. The third-order valence-corrected chi connectivity index (χ3v) is 3.74. The van der Waals surface area contributed by atoms with Gasteiger partial charge in [-0.15, -0.1) is 0 Å². The summed E-state index contributed by atoms with van der Waals surface area (Å²) in [7, 11) is 1.51. The van der Waals surface area contributed by atoms with Crippen LogP contribution < -0.4 is 4.74 Å². The van der Waals surface area contributed by atoms with Gasteiger partial charge in [-0.3, -0.25) is 14.5 Å². The number of nitrogens with zero attached hydrogens (tertiary/aromatic N) is 1. The lowest BCUT2D eigenvalue weighted by Crippen LogP contribution is -2.29. The van der Waals surface area contributed by atoms with Gasteiger partial charge in [0.25, 0.3) is 11.8 Å². The molecular formula is C17H13NO5. The van der Waals surface area contributed by atoms with Crippen LogP contribution in [0.3, 0.4) is 0 Å². The highest BCUT2D eigenvalue weighted by Crippen LogP contribution is 2.28. The summed E-state index contributed by atoms with van der Waals surface area (Å²) in [5.41, 5.74) is 1.01. The minimum atomic E-state index is -1.14. The number of carbonyl (C=O) groups excluding carboxylic acids is 2. The number of benzene rings is 2. The Hall–Kier alpha value is -3.15. The molecule has 0 aliphatic carbocycles. The van der Waals surface area contributed by atoms with E-state index in [-0.39, 0.29) is 23.2 Å². The van der Waals surface area contributed by atoms with Gasteiger partial charge in [-0.2, -0.15) is 0 Å². The van der Waals surface area contributed by atoms with Gasteiger partial charge in [0.15, 0.2) is 0 Å². The maximum Gasteiger partial charge on any atom is 0.335 e. The van der Waals surface area contributed by atoms with Crippen molar-refractivity contribution < 1.29 is 24.2 Å². The van der Waals surface area contributed by atoms with Crippen LogP contribution in [-0.4, -0.2) is 34.9 Å². The maximum absolute atomic E-state index is 12.5. The summed E-state index contributed by atoms with van der Waals surface area (Å²) in [5.74, 6) is -1.50. The fourth-order valence-corrected chi connectivity index (χ4v) is 2.57. The average Bonchev–Trinajstić information content (AvgIpc) is 2.80. The molecule has 0 spiro atoms. The summed E-state index contributed by atoms with van der Waals surface area (Å²) in [4.78, 5) is 37.0. The van der Waals surface area contributed by atoms with Gasteiger partial charge in [-0.25, -0.2) is 4.79 Å². The highest BCUT2D eigenvalue weighted by atomic mass is 16.5. The normalized spacial score (nSPS) is 13.2. The van der Waals surface area contributed by atoms with Gasteiger partial charge in [0.1, 0.15) is 5.75 Å². The molecule has 116 valence electrons. The van der Waals surface area contributed by atoms with Gasteiger partial charge in [0, 0.05) is 5.56 Å². The fraction of sp³-hybridized carbons (Fsp3) is 0.118. The molecule has 1 N–H and O–H groups in total. The number of ether oxygens (including phenoxy) is 1. The maximum atomic E-state index is 12.5. The minimum Gasteiger partial charge on any atom is -0.496 e. The monoisotopic (exact) mass is 311 g/mol. The van der Waals surface area contributed by atoms with E-state index in [4.69, 9.17) is 9.84 Å². The largest absolute Gasteiger partial charge is 0.496 e. The van der Waals surface area contributed by atoms with Crippen LogP contribution in [0.2, 0.25) is 0 Å². The average molecular weight is 311 g/mol. The van der Waals surface area contributed by atoms with Crippen molar-refractivity contribution in [1.29, 1.82) is 0 Å². The number of hydrogen-bond acceptors (Lipinski definition) is 4. The van der Waals surface area contributed by atoms with Crippen molar-refractivity contribution >= 4 is 17.8 Å². The van der Waals surface area contributed by atoms with Crippen molar-refractivity contribution in [2.75, 3.05) is 7.11 Å². The predicted molar refractivity (Wildman–Crippen MR) is 80.6 cm³/mol. The smallest absolute Gasteiger partial charge is 0.335 e. The van der Waals surface area contributed by atoms with Crippen LogP contribution in [0.4, 0.5) is 0 Å². The zero-order valence-electron chi connectivity index (χ0n) is 12.3. The van der Waals surface area contributed by atoms with E-state index in [9.17, 15) is 14.4 Å². The standard InChI is InChI=1S/C17H13NO5/c1-23-14-5-3-2-4-11(14)9-18-15(19)12-7-6-10(17(21)22)8-13(12)16(18)20/h2-8H,9H2,1H3,(H,21,22). The first kappa shape index (κ1) is 14.8. The number of methoxy groups -OCH3 is 1. The van der Waals surface area contributed by atoms with E-state index in [1.54, 1.807) is 24.3 Å². The molecule has 3 rings (SSSR count). The van der Waals surface area contributed by atoms with Gasteiger partial charge >= 0.3 is 5.97 Å². The summed E-state index contributed by atoms with van der Waals surface area (Å²) in [5, 5.41) is 9.01. The van der Waals surface area contributed by atoms with Gasteiger partial charge in [-0.1, -0.05) is 18.2 Å². The van der Waals surface area contributed by atoms with Gasteiger partial charge in [-0.05, 0) is 24.3 Å². The van der Waals surface area contributed by atoms with Crippen molar-refractivity contribution in [2.45, 2.75) is 6.54 Å². The molecule has 2 amide bonds. The molecule has 0 saturated carbocycles. The minimum absolute atomic E-state index is 0.0240. The van der Waals surface area contributed by atoms with Crippen molar-refractivity contribution in [1.82, 2.24) is 4.90 Å². The number of carboxylic acids is 1. The lowest BCUT2D eigenvalue weighted by Gasteiger charge is -2.15. The number of carbonyl (C=O) groups is 3. The molecular weight excluding hydrogens is 298 g/mol. The van der Waals surface area contributed by atoms with Crippen LogP contribution >= 0.6 is 0 Å². The predicted octanol–water partition coefficient (Wildman–Crippen LogP) is 2.19. The number of amides is 2. The molecule has 0 bridgehead atoms. The van der Waals surface area contributed by atoms with Crippen LogP contribution in [0.25, 0.3) is 0 Å². The van der Waals surface area contributed by atoms with Crippen LogP contribution in [-0.2, 0) is 6.54 Å². The number of aromatic carboxylic acids is 1. The SMILES string of the molecule is COc1ccccc1CN1C(=O)c2ccc(C(=O)O)cc2C1=O. The van der Waals surface area contributed by atoms with E-state index in [2.05, 4.69) is 0 Å². The molecule has 0 saturated heterocycles.